The second-order valence-corrected chi connectivity index (χ2v) is 6.60. The summed E-state index contributed by atoms with van der Waals surface area (Å²) in [6, 6.07) is 2.12. The molecule has 2 rings (SSSR count). The van der Waals surface area contributed by atoms with Gasteiger partial charge in [0.1, 0.15) is 6.29 Å². The molecule has 1 fully saturated rings. The summed E-state index contributed by atoms with van der Waals surface area (Å²) < 4.78 is 6.47. The van der Waals surface area contributed by atoms with Crippen LogP contribution in [0.2, 0.25) is 0 Å². The van der Waals surface area contributed by atoms with Crippen molar-refractivity contribution < 1.29 is 9.53 Å². The van der Waals surface area contributed by atoms with Gasteiger partial charge < -0.3 is 14.4 Å². The molecule has 0 saturated carbocycles. The van der Waals surface area contributed by atoms with Crippen molar-refractivity contribution in [3.05, 3.63) is 20.8 Å². The lowest BCUT2D eigenvalue weighted by Gasteiger charge is -2.26. The van der Waals surface area contributed by atoms with Gasteiger partial charge in [-0.1, -0.05) is 0 Å². The van der Waals surface area contributed by atoms with Gasteiger partial charge in [-0.25, -0.2) is 0 Å². The van der Waals surface area contributed by atoms with E-state index in [9.17, 15) is 4.79 Å². The Kier molecular flexibility index (Phi) is 4.36. The van der Waals surface area contributed by atoms with Crippen LogP contribution >= 0.6 is 27.3 Å². The number of hydrogen-bond donors (Lipinski definition) is 0. The van der Waals surface area contributed by atoms with Crippen LogP contribution in [-0.2, 0) is 16.1 Å². The molecule has 0 N–H and O–H groups in total. The van der Waals surface area contributed by atoms with Gasteiger partial charge in [0, 0.05) is 34.4 Å². The lowest BCUT2D eigenvalue weighted by Crippen LogP contribution is -2.37. The number of rotatable bonds is 5. The Morgan fingerprint density at radius 3 is 3.06 bits per heavy atom. The topological polar surface area (TPSA) is 29.5 Å². The Balaban J connectivity index is 1.92. The van der Waals surface area contributed by atoms with E-state index in [0.717, 1.165) is 30.3 Å². The lowest BCUT2D eigenvalue weighted by atomic mass is 9.89. The highest BCUT2D eigenvalue weighted by Crippen LogP contribution is 2.28. The molecule has 0 bridgehead atoms. The molecule has 94 valence electrons. The van der Waals surface area contributed by atoms with Gasteiger partial charge in [0.2, 0.25) is 0 Å². The standard InChI is InChI=1S/C12H16BrNO2S/c1-14(5-11-4-10(13)6-17-11)7-12(8-15)2-3-16-9-12/h4,6,8H,2-3,5,7,9H2,1H3. The van der Waals surface area contributed by atoms with Gasteiger partial charge in [0.15, 0.2) is 0 Å². The maximum Gasteiger partial charge on any atom is 0.129 e. The molecule has 1 atom stereocenters. The highest BCUT2D eigenvalue weighted by Gasteiger charge is 2.35. The second kappa shape index (κ2) is 5.61. The minimum absolute atomic E-state index is 0.288. The summed E-state index contributed by atoms with van der Waals surface area (Å²) in [5, 5.41) is 2.08. The lowest BCUT2D eigenvalue weighted by molar-refractivity contribution is -0.117. The predicted molar refractivity (Wildman–Crippen MR) is 72.3 cm³/mol. The van der Waals surface area contributed by atoms with E-state index < -0.39 is 0 Å². The van der Waals surface area contributed by atoms with Gasteiger partial charge in [0.05, 0.1) is 12.0 Å². The number of ether oxygens (including phenoxy) is 1. The third-order valence-corrected chi connectivity index (χ3v) is 4.70. The maximum absolute atomic E-state index is 11.2. The Bertz CT molecular complexity index is 388. The van der Waals surface area contributed by atoms with Crippen molar-refractivity contribution in [3.63, 3.8) is 0 Å². The van der Waals surface area contributed by atoms with Gasteiger partial charge in [-0.3, -0.25) is 0 Å². The number of halogens is 1. The van der Waals surface area contributed by atoms with E-state index in [4.69, 9.17) is 4.74 Å². The van der Waals surface area contributed by atoms with Crippen molar-refractivity contribution in [1.29, 1.82) is 0 Å². The zero-order chi connectivity index (χ0) is 12.3. The van der Waals surface area contributed by atoms with Crippen LogP contribution in [0.5, 0.6) is 0 Å². The molecule has 1 unspecified atom stereocenters. The number of nitrogens with zero attached hydrogens (tertiary/aromatic N) is 1. The quantitative estimate of drug-likeness (QED) is 0.782. The summed E-state index contributed by atoms with van der Waals surface area (Å²) >= 11 is 5.18. The van der Waals surface area contributed by atoms with Crippen molar-refractivity contribution in [2.45, 2.75) is 13.0 Å². The molecule has 17 heavy (non-hydrogen) atoms. The molecule has 1 aromatic rings. The van der Waals surface area contributed by atoms with Gasteiger partial charge in [-0.2, -0.15) is 0 Å². The van der Waals surface area contributed by atoms with Crippen LogP contribution in [0.3, 0.4) is 0 Å². The molecule has 2 heterocycles. The van der Waals surface area contributed by atoms with Crippen LogP contribution in [0.15, 0.2) is 15.9 Å². The minimum Gasteiger partial charge on any atom is -0.380 e. The number of carbonyl (C=O) groups excluding carboxylic acids is 1. The summed E-state index contributed by atoms with van der Waals surface area (Å²) in [6.07, 6.45) is 1.91. The van der Waals surface area contributed by atoms with Crippen LogP contribution in [-0.4, -0.2) is 38.0 Å². The first kappa shape index (κ1) is 13.2. The van der Waals surface area contributed by atoms with Crippen molar-refractivity contribution in [1.82, 2.24) is 4.90 Å². The molecule has 0 aliphatic carbocycles. The number of hydrogen-bond acceptors (Lipinski definition) is 4. The highest BCUT2D eigenvalue weighted by molar-refractivity contribution is 9.10. The third kappa shape index (κ3) is 3.37. The molecule has 0 spiro atoms. The van der Waals surface area contributed by atoms with E-state index >= 15 is 0 Å². The van der Waals surface area contributed by atoms with Crippen LogP contribution in [0, 0.1) is 5.41 Å². The largest absolute Gasteiger partial charge is 0.380 e. The average molecular weight is 318 g/mol. The Labute approximate surface area is 114 Å². The number of carbonyl (C=O) groups is 1. The maximum atomic E-state index is 11.2. The average Bonchev–Trinajstić information content (AvgIpc) is 2.89. The van der Waals surface area contributed by atoms with Crippen molar-refractivity contribution in [2.75, 3.05) is 26.8 Å². The first-order valence-electron chi connectivity index (χ1n) is 5.59. The van der Waals surface area contributed by atoms with Crippen molar-refractivity contribution >= 4 is 33.6 Å². The monoisotopic (exact) mass is 317 g/mol. The summed E-state index contributed by atoms with van der Waals surface area (Å²) in [5.41, 5.74) is -0.288. The molecule has 0 radical (unpaired) electrons. The fourth-order valence-corrected chi connectivity index (χ4v) is 3.70. The fourth-order valence-electron chi connectivity index (χ4n) is 2.17. The molecule has 1 aromatic heterocycles. The first-order valence-corrected chi connectivity index (χ1v) is 7.26. The summed E-state index contributed by atoms with van der Waals surface area (Å²) in [7, 11) is 2.05. The zero-order valence-corrected chi connectivity index (χ0v) is 12.2. The summed E-state index contributed by atoms with van der Waals surface area (Å²) in [4.78, 5) is 14.7. The minimum atomic E-state index is -0.288. The van der Waals surface area contributed by atoms with Crippen LogP contribution in [0.1, 0.15) is 11.3 Å². The smallest absolute Gasteiger partial charge is 0.129 e. The van der Waals surface area contributed by atoms with Crippen molar-refractivity contribution in [3.8, 4) is 0 Å². The Morgan fingerprint density at radius 2 is 2.53 bits per heavy atom. The van der Waals surface area contributed by atoms with E-state index in [0.29, 0.717) is 13.2 Å². The summed E-state index contributed by atoms with van der Waals surface area (Å²) in [5.74, 6) is 0. The van der Waals surface area contributed by atoms with Gasteiger partial charge in [0.25, 0.3) is 0 Å². The van der Waals surface area contributed by atoms with Crippen LogP contribution in [0.4, 0.5) is 0 Å². The SMILES string of the molecule is CN(Cc1cc(Br)cs1)CC1(C=O)CCOC1. The Hall–Kier alpha value is -0.230. The molecule has 0 aromatic carbocycles. The zero-order valence-electron chi connectivity index (χ0n) is 9.82. The first-order chi connectivity index (χ1) is 8.13. The van der Waals surface area contributed by atoms with E-state index in [2.05, 4.69) is 39.3 Å². The third-order valence-electron chi connectivity index (χ3n) is 3.02. The molecular weight excluding hydrogens is 302 g/mol. The second-order valence-electron chi connectivity index (χ2n) is 4.69. The number of aldehydes is 1. The molecular formula is C12H16BrNO2S. The van der Waals surface area contributed by atoms with Gasteiger partial charge >= 0.3 is 0 Å². The highest BCUT2D eigenvalue weighted by atomic mass is 79.9. The molecule has 1 aliphatic rings. The van der Waals surface area contributed by atoms with E-state index in [1.807, 2.05) is 0 Å². The Morgan fingerprint density at radius 1 is 1.71 bits per heavy atom. The van der Waals surface area contributed by atoms with Crippen LogP contribution < -0.4 is 0 Å². The summed E-state index contributed by atoms with van der Waals surface area (Å²) in [6.45, 7) is 2.92. The predicted octanol–water partition coefficient (Wildman–Crippen LogP) is 2.55. The molecule has 3 nitrogen and oxygen atoms in total. The molecule has 1 aliphatic heterocycles. The molecule has 5 heteroatoms. The normalized spacial score (nSPS) is 24.4. The molecule has 0 amide bonds. The van der Waals surface area contributed by atoms with Crippen LogP contribution in [0.25, 0.3) is 0 Å². The fraction of sp³-hybridized carbons (Fsp3) is 0.583. The number of thiophene rings is 1. The van der Waals surface area contributed by atoms with E-state index in [1.54, 1.807) is 11.3 Å². The van der Waals surface area contributed by atoms with E-state index in [1.165, 1.54) is 4.88 Å². The van der Waals surface area contributed by atoms with E-state index in [-0.39, 0.29) is 5.41 Å². The molecule has 1 saturated heterocycles. The van der Waals surface area contributed by atoms with Gasteiger partial charge in [-0.05, 0) is 35.5 Å². The van der Waals surface area contributed by atoms with Gasteiger partial charge in [-0.15, -0.1) is 11.3 Å². The van der Waals surface area contributed by atoms with Crippen molar-refractivity contribution in [2.24, 2.45) is 5.41 Å².